The third kappa shape index (κ3) is 3.13. The molecule has 0 amide bonds. The van der Waals surface area contributed by atoms with Gasteiger partial charge < -0.3 is 5.32 Å². The van der Waals surface area contributed by atoms with Crippen LogP contribution in [0.4, 0.5) is 4.39 Å². The van der Waals surface area contributed by atoms with Crippen molar-refractivity contribution in [3.05, 3.63) is 50.4 Å². The molecular formula is C14H16Br2FN3. The summed E-state index contributed by atoms with van der Waals surface area (Å²) in [7, 11) is 1.86. The largest absolute Gasteiger partial charge is 0.305 e. The molecule has 0 radical (unpaired) electrons. The van der Waals surface area contributed by atoms with Gasteiger partial charge in [0.15, 0.2) is 0 Å². The highest BCUT2D eigenvalue weighted by atomic mass is 79.9. The molecular weight excluding hydrogens is 389 g/mol. The van der Waals surface area contributed by atoms with Crippen LogP contribution in [-0.2, 0) is 7.05 Å². The molecule has 1 aromatic carbocycles. The van der Waals surface area contributed by atoms with Crippen molar-refractivity contribution in [2.45, 2.75) is 19.4 Å². The van der Waals surface area contributed by atoms with Gasteiger partial charge in [-0.1, -0.05) is 19.1 Å². The molecule has 0 aliphatic carbocycles. The summed E-state index contributed by atoms with van der Waals surface area (Å²) in [4.78, 5) is 0. The molecule has 6 heteroatoms. The molecule has 1 aromatic heterocycles. The predicted octanol–water partition coefficient (Wildman–Crippen LogP) is 4.17. The van der Waals surface area contributed by atoms with Gasteiger partial charge in [0.05, 0.1) is 26.9 Å². The summed E-state index contributed by atoms with van der Waals surface area (Å²) in [6.07, 6.45) is 2.70. The molecule has 0 fully saturated rings. The van der Waals surface area contributed by atoms with E-state index in [4.69, 9.17) is 0 Å². The van der Waals surface area contributed by atoms with Crippen molar-refractivity contribution in [1.29, 1.82) is 0 Å². The number of nitrogens with one attached hydrogen (secondary N) is 1. The zero-order valence-corrected chi connectivity index (χ0v) is 14.5. The summed E-state index contributed by atoms with van der Waals surface area (Å²) in [5, 5.41) is 7.60. The maximum Gasteiger partial charge on any atom is 0.142 e. The zero-order chi connectivity index (χ0) is 14.7. The SMILES string of the molecule is CCCNC(c1cccc(Br)c1F)c1c(Br)cnn1C. The molecule has 0 bridgehead atoms. The van der Waals surface area contributed by atoms with Gasteiger partial charge in [-0.05, 0) is 50.9 Å². The highest BCUT2D eigenvalue weighted by molar-refractivity contribution is 9.10. The number of benzene rings is 1. The Morgan fingerprint density at radius 3 is 2.70 bits per heavy atom. The predicted molar refractivity (Wildman–Crippen MR) is 85.1 cm³/mol. The van der Waals surface area contributed by atoms with Crippen LogP contribution in [0.2, 0.25) is 0 Å². The minimum Gasteiger partial charge on any atom is -0.305 e. The Hall–Kier alpha value is -0.720. The second-order valence-electron chi connectivity index (χ2n) is 4.53. The Kier molecular flexibility index (Phi) is 5.35. The summed E-state index contributed by atoms with van der Waals surface area (Å²) in [5.74, 6) is -0.241. The van der Waals surface area contributed by atoms with Crippen LogP contribution in [0.1, 0.15) is 30.6 Å². The van der Waals surface area contributed by atoms with Crippen molar-refractivity contribution in [3.8, 4) is 0 Å². The smallest absolute Gasteiger partial charge is 0.142 e. The summed E-state index contributed by atoms with van der Waals surface area (Å²) in [5.41, 5.74) is 1.52. The van der Waals surface area contributed by atoms with E-state index in [1.807, 2.05) is 13.1 Å². The lowest BCUT2D eigenvalue weighted by molar-refractivity contribution is 0.517. The second-order valence-corrected chi connectivity index (χ2v) is 6.24. The van der Waals surface area contributed by atoms with E-state index in [-0.39, 0.29) is 11.9 Å². The van der Waals surface area contributed by atoms with Crippen LogP contribution < -0.4 is 5.32 Å². The molecule has 0 aliphatic heterocycles. The lowest BCUT2D eigenvalue weighted by atomic mass is 10.0. The third-order valence-electron chi connectivity index (χ3n) is 3.10. The van der Waals surface area contributed by atoms with Crippen LogP contribution in [0.5, 0.6) is 0 Å². The summed E-state index contributed by atoms with van der Waals surface area (Å²) < 4.78 is 17.5. The highest BCUT2D eigenvalue weighted by Crippen LogP contribution is 2.31. The fourth-order valence-corrected chi connectivity index (χ4v) is 3.09. The molecule has 108 valence electrons. The Labute approximate surface area is 134 Å². The molecule has 1 N–H and O–H groups in total. The lowest BCUT2D eigenvalue weighted by Gasteiger charge is -2.21. The van der Waals surface area contributed by atoms with E-state index < -0.39 is 0 Å². The van der Waals surface area contributed by atoms with Crippen molar-refractivity contribution in [1.82, 2.24) is 15.1 Å². The van der Waals surface area contributed by atoms with E-state index in [1.54, 1.807) is 23.0 Å². The van der Waals surface area contributed by atoms with Crippen LogP contribution in [0.3, 0.4) is 0 Å². The Bertz CT molecular complexity index is 579. The van der Waals surface area contributed by atoms with Gasteiger partial charge in [-0.25, -0.2) is 4.39 Å². The molecule has 2 aromatic rings. The van der Waals surface area contributed by atoms with Gasteiger partial charge in [0, 0.05) is 12.6 Å². The summed E-state index contributed by atoms with van der Waals surface area (Å²) in [6.45, 7) is 2.88. The molecule has 3 nitrogen and oxygen atoms in total. The first-order valence-corrected chi connectivity index (χ1v) is 7.99. The van der Waals surface area contributed by atoms with Crippen LogP contribution in [0, 0.1) is 5.82 Å². The van der Waals surface area contributed by atoms with E-state index in [0.717, 1.165) is 23.1 Å². The maximum absolute atomic E-state index is 14.4. The van der Waals surface area contributed by atoms with Gasteiger partial charge in [0.2, 0.25) is 0 Å². The van der Waals surface area contributed by atoms with Crippen molar-refractivity contribution in [3.63, 3.8) is 0 Å². The number of hydrogen-bond donors (Lipinski definition) is 1. The van der Waals surface area contributed by atoms with Crippen LogP contribution in [0.15, 0.2) is 33.3 Å². The number of rotatable bonds is 5. The number of hydrogen-bond acceptors (Lipinski definition) is 2. The van der Waals surface area contributed by atoms with Crippen molar-refractivity contribution < 1.29 is 4.39 Å². The molecule has 2 rings (SSSR count). The molecule has 1 atom stereocenters. The molecule has 0 saturated heterocycles. The summed E-state index contributed by atoms with van der Waals surface area (Å²) >= 11 is 6.74. The average molecular weight is 405 g/mol. The highest BCUT2D eigenvalue weighted by Gasteiger charge is 2.23. The molecule has 1 unspecified atom stereocenters. The minimum absolute atomic E-state index is 0.241. The normalized spacial score (nSPS) is 12.7. The van der Waals surface area contributed by atoms with E-state index in [2.05, 4.69) is 49.2 Å². The van der Waals surface area contributed by atoms with E-state index >= 15 is 0 Å². The van der Waals surface area contributed by atoms with Crippen molar-refractivity contribution >= 4 is 31.9 Å². The number of aryl methyl sites for hydroxylation is 1. The Morgan fingerprint density at radius 1 is 1.35 bits per heavy atom. The first-order valence-electron chi connectivity index (χ1n) is 6.41. The molecule has 1 heterocycles. The van der Waals surface area contributed by atoms with Gasteiger partial charge in [0.25, 0.3) is 0 Å². The standard InChI is InChI=1S/C14H16Br2FN3/c1-3-7-18-13(14-11(16)8-19-20(14)2)9-5-4-6-10(15)12(9)17/h4-6,8,13,18H,3,7H2,1-2H3. The molecule has 0 aliphatic rings. The lowest BCUT2D eigenvalue weighted by Crippen LogP contribution is -2.26. The van der Waals surface area contributed by atoms with Gasteiger partial charge in [-0.2, -0.15) is 5.10 Å². The van der Waals surface area contributed by atoms with Crippen LogP contribution >= 0.6 is 31.9 Å². The van der Waals surface area contributed by atoms with Gasteiger partial charge >= 0.3 is 0 Å². The zero-order valence-electron chi connectivity index (χ0n) is 11.3. The van der Waals surface area contributed by atoms with Gasteiger partial charge in [0.1, 0.15) is 5.82 Å². The van der Waals surface area contributed by atoms with Gasteiger partial charge in [-0.15, -0.1) is 0 Å². The van der Waals surface area contributed by atoms with Crippen molar-refractivity contribution in [2.75, 3.05) is 6.54 Å². The second kappa shape index (κ2) is 6.83. The molecule has 0 saturated carbocycles. The summed E-state index contributed by atoms with van der Waals surface area (Å²) in [6, 6.07) is 5.10. The first-order chi connectivity index (χ1) is 9.56. The van der Waals surface area contributed by atoms with E-state index in [1.165, 1.54) is 0 Å². The van der Waals surface area contributed by atoms with Crippen LogP contribution in [0.25, 0.3) is 0 Å². The molecule has 20 heavy (non-hydrogen) atoms. The quantitative estimate of drug-likeness (QED) is 0.810. The fourth-order valence-electron chi connectivity index (χ4n) is 2.13. The molecule has 0 spiro atoms. The first kappa shape index (κ1) is 15.7. The third-order valence-corrected chi connectivity index (χ3v) is 4.33. The van der Waals surface area contributed by atoms with E-state index in [9.17, 15) is 4.39 Å². The maximum atomic E-state index is 14.4. The Balaban J connectivity index is 2.50. The average Bonchev–Trinajstić information content (AvgIpc) is 2.75. The van der Waals surface area contributed by atoms with E-state index in [0.29, 0.717) is 10.0 Å². The number of halogens is 3. The number of nitrogens with zero attached hydrogens (tertiary/aromatic N) is 2. The monoisotopic (exact) mass is 403 g/mol. The minimum atomic E-state index is -0.241. The van der Waals surface area contributed by atoms with Crippen LogP contribution in [-0.4, -0.2) is 16.3 Å². The fraction of sp³-hybridized carbons (Fsp3) is 0.357. The topological polar surface area (TPSA) is 29.9 Å². The number of aromatic nitrogens is 2. The van der Waals surface area contributed by atoms with Gasteiger partial charge in [-0.3, -0.25) is 4.68 Å². The Morgan fingerprint density at radius 2 is 2.10 bits per heavy atom. The van der Waals surface area contributed by atoms with Crippen molar-refractivity contribution in [2.24, 2.45) is 7.05 Å².